The van der Waals surface area contributed by atoms with Gasteiger partial charge in [-0.15, -0.1) is 0 Å². The van der Waals surface area contributed by atoms with Gasteiger partial charge in [-0.1, -0.05) is 54.1 Å². The van der Waals surface area contributed by atoms with Crippen LogP contribution in [0, 0.1) is 0 Å². The van der Waals surface area contributed by atoms with Crippen molar-refractivity contribution >= 4 is 40.7 Å². The van der Waals surface area contributed by atoms with Crippen molar-refractivity contribution in [3.8, 4) is 11.3 Å². The summed E-state index contributed by atoms with van der Waals surface area (Å²) in [6, 6.07) is 23.1. The SMILES string of the molecule is CN=C[C@]1(c2ccccc2)CCN(C(=O)c2ccc3nc(-c4ccc(Cl)cc4)c(CCCCC(=O)O)nc3c2)C1. The second-order valence-electron chi connectivity index (χ2n) is 10.2. The molecule has 5 rings (SSSR count). The maximum atomic E-state index is 13.7. The summed E-state index contributed by atoms with van der Waals surface area (Å²) in [6.07, 6.45) is 4.68. The summed E-state index contributed by atoms with van der Waals surface area (Å²) in [5.74, 6) is -0.857. The maximum Gasteiger partial charge on any atom is 0.303 e. The number of aryl methyl sites for hydroxylation is 1. The van der Waals surface area contributed by atoms with Gasteiger partial charge in [0.25, 0.3) is 5.91 Å². The van der Waals surface area contributed by atoms with E-state index < -0.39 is 5.97 Å². The largest absolute Gasteiger partial charge is 0.481 e. The van der Waals surface area contributed by atoms with Gasteiger partial charge in [-0.05, 0) is 61.6 Å². The highest BCUT2D eigenvalue weighted by atomic mass is 35.5. The molecule has 1 aromatic heterocycles. The van der Waals surface area contributed by atoms with Gasteiger partial charge in [0.05, 0.1) is 22.4 Å². The second-order valence-corrected chi connectivity index (χ2v) is 10.7. The van der Waals surface area contributed by atoms with Crippen molar-refractivity contribution in [2.24, 2.45) is 4.99 Å². The molecule has 0 saturated carbocycles. The summed E-state index contributed by atoms with van der Waals surface area (Å²) in [5.41, 5.74) is 5.14. The van der Waals surface area contributed by atoms with Crippen LogP contribution in [0.2, 0.25) is 5.02 Å². The average molecular weight is 555 g/mol. The molecular formula is C32H31ClN4O3. The van der Waals surface area contributed by atoms with Gasteiger partial charge in [0.1, 0.15) is 0 Å². The number of carboxylic acid groups (broad SMARTS) is 1. The fourth-order valence-electron chi connectivity index (χ4n) is 5.43. The minimum Gasteiger partial charge on any atom is -0.481 e. The normalized spacial score (nSPS) is 17.1. The summed E-state index contributed by atoms with van der Waals surface area (Å²) in [7, 11) is 1.77. The van der Waals surface area contributed by atoms with Gasteiger partial charge in [-0.3, -0.25) is 14.6 Å². The third-order valence-corrected chi connectivity index (χ3v) is 7.72. The van der Waals surface area contributed by atoms with Crippen molar-refractivity contribution in [3.63, 3.8) is 0 Å². The molecule has 1 saturated heterocycles. The molecule has 3 aromatic carbocycles. The van der Waals surface area contributed by atoms with Crippen LogP contribution in [-0.4, -0.2) is 58.2 Å². The number of hydrogen-bond acceptors (Lipinski definition) is 5. The minimum atomic E-state index is -0.811. The summed E-state index contributed by atoms with van der Waals surface area (Å²) in [6.45, 7) is 1.19. The Labute approximate surface area is 238 Å². The van der Waals surface area contributed by atoms with Crippen LogP contribution in [0.4, 0.5) is 0 Å². The van der Waals surface area contributed by atoms with Gasteiger partial charge in [-0.25, -0.2) is 9.97 Å². The average Bonchev–Trinajstić information content (AvgIpc) is 3.40. The van der Waals surface area contributed by atoms with E-state index in [1.165, 1.54) is 0 Å². The molecule has 0 unspecified atom stereocenters. The van der Waals surface area contributed by atoms with Crippen molar-refractivity contribution in [2.45, 2.75) is 37.5 Å². The standard InChI is InChI=1S/C32H31ClN4O3/c1-34-20-32(24-7-3-2-4-8-24)17-18-37(21-32)31(40)23-13-16-26-28(19-23)35-27(9-5-6-10-29(38)39)30(36-26)22-11-14-25(33)15-12-22/h2-4,7-8,11-16,19-20H,5-6,9-10,17-18,21H2,1H3,(H,38,39)/t32-/m1/s1. The third kappa shape index (κ3) is 5.89. The highest BCUT2D eigenvalue weighted by Gasteiger charge is 2.40. The topological polar surface area (TPSA) is 95.8 Å². The number of nitrogens with zero attached hydrogens (tertiary/aromatic N) is 4. The Morgan fingerprint density at radius 2 is 1.80 bits per heavy atom. The summed E-state index contributed by atoms with van der Waals surface area (Å²) < 4.78 is 0. The third-order valence-electron chi connectivity index (χ3n) is 7.47. The smallest absolute Gasteiger partial charge is 0.303 e. The number of aliphatic imine (C=N–C) groups is 1. The predicted molar refractivity (Wildman–Crippen MR) is 158 cm³/mol. The molecule has 0 spiro atoms. The lowest BCUT2D eigenvalue weighted by Crippen LogP contribution is -2.35. The van der Waals surface area contributed by atoms with Gasteiger partial charge in [0.15, 0.2) is 0 Å². The van der Waals surface area contributed by atoms with Crippen molar-refractivity contribution < 1.29 is 14.7 Å². The molecule has 4 aromatic rings. The highest BCUT2D eigenvalue weighted by molar-refractivity contribution is 6.30. The van der Waals surface area contributed by atoms with Gasteiger partial charge in [-0.2, -0.15) is 0 Å². The fourth-order valence-corrected chi connectivity index (χ4v) is 5.55. The summed E-state index contributed by atoms with van der Waals surface area (Å²) in [4.78, 5) is 40.7. The van der Waals surface area contributed by atoms with Gasteiger partial charge < -0.3 is 10.0 Å². The lowest BCUT2D eigenvalue weighted by Gasteiger charge is -2.26. The Kier molecular flexibility index (Phi) is 8.21. The van der Waals surface area contributed by atoms with Crippen LogP contribution in [0.15, 0.2) is 77.8 Å². The Balaban J connectivity index is 1.44. The quantitative estimate of drug-likeness (QED) is 0.195. The molecule has 0 radical (unpaired) electrons. The fraction of sp³-hybridized carbons (Fsp3) is 0.281. The summed E-state index contributed by atoms with van der Waals surface area (Å²) >= 11 is 6.10. The number of unbranched alkanes of at least 4 members (excludes halogenated alkanes) is 1. The molecule has 1 atom stereocenters. The number of fused-ring (bicyclic) bond motifs is 1. The number of halogens is 1. The minimum absolute atomic E-state index is 0.0456. The molecule has 1 aliphatic rings. The lowest BCUT2D eigenvalue weighted by molar-refractivity contribution is -0.137. The first-order valence-corrected chi connectivity index (χ1v) is 13.8. The number of hydrogen-bond donors (Lipinski definition) is 1. The number of carbonyl (C=O) groups excluding carboxylic acids is 1. The first-order valence-electron chi connectivity index (χ1n) is 13.4. The number of aliphatic carboxylic acids is 1. The zero-order valence-corrected chi connectivity index (χ0v) is 23.1. The molecular weight excluding hydrogens is 524 g/mol. The van der Waals surface area contributed by atoms with E-state index in [1.807, 2.05) is 71.8 Å². The highest BCUT2D eigenvalue weighted by Crippen LogP contribution is 2.34. The molecule has 1 aliphatic heterocycles. The zero-order chi connectivity index (χ0) is 28.1. The van der Waals surface area contributed by atoms with E-state index in [9.17, 15) is 9.59 Å². The van der Waals surface area contributed by atoms with E-state index in [4.69, 9.17) is 26.7 Å². The molecule has 1 N–H and O–H groups in total. The van der Waals surface area contributed by atoms with Crippen molar-refractivity contribution in [1.29, 1.82) is 0 Å². The van der Waals surface area contributed by atoms with Crippen LogP contribution < -0.4 is 0 Å². The number of carboxylic acids is 1. The van der Waals surface area contributed by atoms with Crippen molar-refractivity contribution in [1.82, 2.24) is 14.9 Å². The van der Waals surface area contributed by atoms with Crippen LogP contribution >= 0.6 is 11.6 Å². The van der Waals surface area contributed by atoms with E-state index in [-0.39, 0.29) is 17.7 Å². The molecule has 2 heterocycles. The van der Waals surface area contributed by atoms with E-state index in [2.05, 4.69) is 17.1 Å². The molecule has 0 aliphatic carbocycles. The van der Waals surface area contributed by atoms with Gasteiger partial charge >= 0.3 is 5.97 Å². The van der Waals surface area contributed by atoms with Crippen molar-refractivity contribution in [2.75, 3.05) is 20.1 Å². The molecule has 1 fully saturated rings. The predicted octanol–water partition coefficient (Wildman–Crippen LogP) is 6.23. The van der Waals surface area contributed by atoms with Gasteiger partial charge in [0, 0.05) is 54.3 Å². The Hall–Kier alpha value is -4.10. The molecule has 8 heteroatoms. The Morgan fingerprint density at radius 1 is 1.02 bits per heavy atom. The number of aromatic nitrogens is 2. The number of amides is 1. The number of carbonyl (C=O) groups is 2. The molecule has 7 nitrogen and oxygen atoms in total. The molecule has 40 heavy (non-hydrogen) atoms. The Bertz CT molecular complexity index is 1560. The number of likely N-dealkylation sites (tertiary alicyclic amines) is 1. The van der Waals surface area contributed by atoms with Crippen LogP contribution in [0.5, 0.6) is 0 Å². The van der Waals surface area contributed by atoms with Crippen LogP contribution in [-0.2, 0) is 16.6 Å². The van der Waals surface area contributed by atoms with Crippen LogP contribution in [0.25, 0.3) is 22.3 Å². The molecule has 0 bridgehead atoms. The van der Waals surface area contributed by atoms with Crippen LogP contribution in [0.3, 0.4) is 0 Å². The number of benzene rings is 3. The second kappa shape index (κ2) is 12.0. The Morgan fingerprint density at radius 3 is 2.52 bits per heavy atom. The monoisotopic (exact) mass is 554 g/mol. The molecule has 1 amide bonds. The van der Waals surface area contributed by atoms with E-state index in [1.54, 1.807) is 7.05 Å². The van der Waals surface area contributed by atoms with Crippen molar-refractivity contribution in [3.05, 3.63) is 94.6 Å². The van der Waals surface area contributed by atoms with E-state index in [0.717, 1.165) is 28.9 Å². The first-order chi connectivity index (χ1) is 19.4. The summed E-state index contributed by atoms with van der Waals surface area (Å²) in [5, 5.41) is 9.66. The number of rotatable bonds is 9. The lowest BCUT2D eigenvalue weighted by atomic mass is 9.81. The van der Waals surface area contributed by atoms with Gasteiger partial charge in [0.2, 0.25) is 0 Å². The zero-order valence-electron chi connectivity index (χ0n) is 22.4. The van der Waals surface area contributed by atoms with Crippen LogP contribution in [0.1, 0.15) is 47.3 Å². The van der Waals surface area contributed by atoms with E-state index >= 15 is 0 Å². The maximum absolute atomic E-state index is 13.7. The molecule has 204 valence electrons. The first kappa shape index (κ1) is 27.5. The van der Waals surface area contributed by atoms with E-state index in [0.29, 0.717) is 54.0 Å².